The fourth-order valence-electron chi connectivity index (χ4n) is 2.38. The Bertz CT molecular complexity index is 492. The Balaban J connectivity index is 1.86. The van der Waals surface area contributed by atoms with E-state index in [2.05, 4.69) is 5.32 Å². The third kappa shape index (κ3) is 4.19. The van der Waals surface area contributed by atoms with Crippen molar-refractivity contribution >= 4 is 34.8 Å². The van der Waals surface area contributed by atoms with Crippen molar-refractivity contribution in [2.45, 2.75) is 12.8 Å². The van der Waals surface area contributed by atoms with Crippen molar-refractivity contribution in [3.8, 4) is 0 Å². The van der Waals surface area contributed by atoms with Crippen molar-refractivity contribution in [2.24, 2.45) is 5.92 Å². The van der Waals surface area contributed by atoms with Crippen LogP contribution in [0.5, 0.6) is 0 Å². The zero-order chi connectivity index (χ0) is 14.5. The zero-order valence-corrected chi connectivity index (χ0v) is 12.5. The van der Waals surface area contributed by atoms with E-state index in [1.165, 1.54) is 11.3 Å². The third-order valence-corrected chi connectivity index (χ3v) is 4.52. The molecule has 0 bridgehead atoms. The number of carboxylic acids is 1. The lowest BCUT2D eigenvalue weighted by atomic mass is 9.98. The number of carbonyl (C=O) groups is 2. The summed E-state index contributed by atoms with van der Waals surface area (Å²) in [5.74, 6) is -0.533. The molecule has 1 atom stereocenters. The van der Waals surface area contributed by atoms with Gasteiger partial charge in [0.2, 0.25) is 0 Å². The van der Waals surface area contributed by atoms with Gasteiger partial charge in [0.15, 0.2) is 0 Å². The minimum absolute atomic E-state index is 0.0184. The average Bonchev–Trinajstić information content (AvgIpc) is 2.84. The lowest BCUT2D eigenvalue weighted by Crippen LogP contribution is -2.43. The van der Waals surface area contributed by atoms with Gasteiger partial charge < -0.3 is 15.3 Å². The number of rotatable bonds is 5. The first-order valence-electron chi connectivity index (χ1n) is 6.53. The van der Waals surface area contributed by atoms with Gasteiger partial charge in [-0.1, -0.05) is 11.6 Å². The predicted molar refractivity (Wildman–Crippen MR) is 78.5 cm³/mol. The van der Waals surface area contributed by atoms with Crippen molar-refractivity contribution in [1.82, 2.24) is 10.2 Å². The second-order valence-electron chi connectivity index (χ2n) is 4.89. The van der Waals surface area contributed by atoms with Crippen molar-refractivity contribution < 1.29 is 14.7 Å². The van der Waals surface area contributed by atoms with E-state index in [9.17, 15) is 9.59 Å². The number of amides is 1. The number of nitrogens with zero attached hydrogens (tertiary/aromatic N) is 1. The van der Waals surface area contributed by atoms with Crippen molar-refractivity contribution in [2.75, 3.05) is 26.2 Å². The van der Waals surface area contributed by atoms with Crippen LogP contribution in [-0.4, -0.2) is 48.1 Å². The molecule has 2 N–H and O–H groups in total. The summed E-state index contributed by atoms with van der Waals surface area (Å²) in [6.45, 7) is 2.01. The van der Waals surface area contributed by atoms with Crippen molar-refractivity contribution in [3.05, 3.63) is 21.3 Å². The van der Waals surface area contributed by atoms with E-state index in [0.717, 1.165) is 19.4 Å². The van der Waals surface area contributed by atoms with E-state index in [4.69, 9.17) is 16.7 Å². The number of hydrogen-bond donors (Lipinski definition) is 2. The molecule has 1 aromatic heterocycles. The van der Waals surface area contributed by atoms with Gasteiger partial charge >= 0.3 is 5.97 Å². The molecule has 2 rings (SSSR count). The lowest BCUT2D eigenvalue weighted by molar-refractivity contribution is -0.136. The van der Waals surface area contributed by atoms with E-state index < -0.39 is 5.97 Å². The molecule has 20 heavy (non-hydrogen) atoms. The Morgan fingerprint density at radius 2 is 2.30 bits per heavy atom. The number of halogens is 1. The molecule has 1 saturated heterocycles. The molecule has 0 saturated carbocycles. The van der Waals surface area contributed by atoms with E-state index in [-0.39, 0.29) is 12.5 Å². The Hall–Kier alpha value is -1.11. The van der Waals surface area contributed by atoms with Crippen LogP contribution in [0.3, 0.4) is 0 Å². The molecule has 2 heterocycles. The summed E-state index contributed by atoms with van der Waals surface area (Å²) in [7, 11) is 0. The van der Waals surface area contributed by atoms with Crippen LogP contribution in [0, 0.1) is 5.92 Å². The van der Waals surface area contributed by atoms with Crippen LogP contribution in [0.1, 0.15) is 22.5 Å². The summed E-state index contributed by atoms with van der Waals surface area (Å²) in [6, 6.07) is 3.48. The maximum Gasteiger partial charge on any atom is 0.317 e. The molecule has 7 heteroatoms. The fraction of sp³-hybridized carbons (Fsp3) is 0.538. The van der Waals surface area contributed by atoms with Gasteiger partial charge in [-0.05, 0) is 30.9 Å². The number of hydrogen-bond acceptors (Lipinski definition) is 4. The first-order valence-corrected chi connectivity index (χ1v) is 7.73. The van der Waals surface area contributed by atoms with Crippen LogP contribution in [-0.2, 0) is 4.79 Å². The molecular weight excluding hydrogens is 300 g/mol. The summed E-state index contributed by atoms with van der Waals surface area (Å²) >= 11 is 7.15. The molecule has 0 aromatic carbocycles. The molecule has 0 radical (unpaired) electrons. The summed E-state index contributed by atoms with van der Waals surface area (Å²) in [4.78, 5) is 25.3. The molecule has 0 aliphatic carbocycles. The van der Waals surface area contributed by atoms with Crippen LogP contribution in [0.15, 0.2) is 12.1 Å². The monoisotopic (exact) mass is 316 g/mol. The Morgan fingerprint density at radius 1 is 1.50 bits per heavy atom. The molecule has 1 unspecified atom stereocenters. The van der Waals surface area contributed by atoms with Gasteiger partial charge in [-0.25, -0.2) is 0 Å². The Morgan fingerprint density at radius 3 is 2.95 bits per heavy atom. The van der Waals surface area contributed by atoms with E-state index in [0.29, 0.717) is 28.2 Å². The number of nitrogens with one attached hydrogen (secondary N) is 1. The largest absolute Gasteiger partial charge is 0.480 e. The fourth-order valence-corrected chi connectivity index (χ4v) is 3.40. The van der Waals surface area contributed by atoms with Crippen molar-refractivity contribution in [1.29, 1.82) is 0 Å². The summed E-state index contributed by atoms with van der Waals surface area (Å²) < 4.78 is 0.616. The van der Waals surface area contributed by atoms with Gasteiger partial charge in [0.25, 0.3) is 5.91 Å². The van der Waals surface area contributed by atoms with Crippen LogP contribution in [0.2, 0.25) is 4.34 Å². The molecule has 110 valence electrons. The minimum atomic E-state index is -0.859. The highest BCUT2D eigenvalue weighted by atomic mass is 35.5. The van der Waals surface area contributed by atoms with Gasteiger partial charge in [-0.2, -0.15) is 0 Å². The van der Waals surface area contributed by atoms with Gasteiger partial charge in [-0.15, -0.1) is 11.3 Å². The average molecular weight is 317 g/mol. The maximum atomic E-state index is 12.3. The second-order valence-corrected chi connectivity index (χ2v) is 6.60. The highest BCUT2D eigenvalue weighted by Gasteiger charge is 2.25. The van der Waals surface area contributed by atoms with Crippen LogP contribution >= 0.6 is 22.9 Å². The summed E-state index contributed by atoms with van der Waals surface area (Å²) in [5.41, 5.74) is 0. The normalized spacial score (nSPS) is 19.1. The molecule has 0 spiro atoms. The summed E-state index contributed by atoms with van der Waals surface area (Å²) in [6.07, 6.45) is 1.96. The molecule has 1 fully saturated rings. The zero-order valence-electron chi connectivity index (χ0n) is 11.0. The summed E-state index contributed by atoms with van der Waals surface area (Å²) in [5, 5.41) is 11.5. The first kappa shape index (κ1) is 15.3. The van der Waals surface area contributed by atoms with Gasteiger partial charge in [0, 0.05) is 19.6 Å². The highest BCUT2D eigenvalue weighted by molar-refractivity contribution is 7.17. The van der Waals surface area contributed by atoms with Crippen LogP contribution < -0.4 is 5.32 Å². The first-order chi connectivity index (χ1) is 9.56. The number of carbonyl (C=O) groups excluding carboxylic acids is 1. The van der Waals surface area contributed by atoms with E-state index in [1.807, 2.05) is 4.90 Å². The molecular formula is C13H17ClN2O3S. The van der Waals surface area contributed by atoms with Gasteiger partial charge in [-0.3, -0.25) is 9.59 Å². The number of likely N-dealkylation sites (tertiary alicyclic amines) is 1. The van der Waals surface area contributed by atoms with Crippen LogP contribution in [0.25, 0.3) is 0 Å². The number of aliphatic carboxylic acids is 1. The lowest BCUT2D eigenvalue weighted by Gasteiger charge is -2.32. The smallest absolute Gasteiger partial charge is 0.317 e. The molecule has 1 amide bonds. The molecule has 1 aliphatic heterocycles. The van der Waals surface area contributed by atoms with Gasteiger partial charge in [0.1, 0.15) is 0 Å². The van der Waals surface area contributed by atoms with E-state index in [1.54, 1.807) is 12.1 Å². The Kier molecular flexibility index (Phi) is 5.39. The quantitative estimate of drug-likeness (QED) is 0.871. The molecule has 1 aromatic rings. The number of carboxylic acid groups (broad SMARTS) is 1. The number of piperidine rings is 1. The standard InChI is InChI=1S/C13H17ClN2O3S/c14-11-4-3-10(20-11)13(19)16-5-1-2-9(8-16)6-15-7-12(17)18/h3-4,9,15H,1-2,5-8H2,(H,17,18). The van der Waals surface area contributed by atoms with Gasteiger partial charge in [0.05, 0.1) is 15.8 Å². The minimum Gasteiger partial charge on any atom is -0.480 e. The Labute approximate surface area is 126 Å². The topological polar surface area (TPSA) is 69.6 Å². The van der Waals surface area contributed by atoms with E-state index >= 15 is 0 Å². The highest BCUT2D eigenvalue weighted by Crippen LogP contribution is 2.25. The SMILES string of the molecule is O=C(O)CNCC1CCCN(C(=O)c2ccc(Cl)s2)C1. The van der Waals surface area contributed by atoms with Crippen LogP contribution in [0.4, 0.5) is 0 Å². The molecule has 1 aliphatic rings. The number of thiophene rings is 1. The second kappa shape index (κ2) is 7.06. The maximum absolute atomic E-state index is 12.3. The van der Waals surface area contributed by atoms with Crippen molar-refractivity contribution in [3.63, 3.8) is 0 Å². The molecule has 5 nitrogen and oxygen atoms in total. The third-order valence-electron chi connectivity index (χ3n) is 3.30. The predicted octanol–water partition coefficient (Wildman–Crippen LogP) is 1.93.